The van der Waals surface area contributed by atoms with E-state index in [0.717, 1.165) is 0 Å². The van der Waals surface area contributed by atoms with Gasteiger partial charge >= 0.3 is 5.97 Å². The SMILES string of the molecule is CCOC(=S)SC(CCC(=O)c1ccc(OC)cc1OC(=O)C(C)(C)C)[C@H]1O[C@@H]2OC(C)(C)O[C@@H]2[C@H]1OC. The predicted molar refractivity (Wildman–Crippen MR) is 147 cm³/mol. The number of fused-ring (bicyclic) bond motifs is 1. The first kappa shape index (κ1) is 30.8. The number of Topliss-reactive ketones (excluding diaryl/α,β-unsaturated/α-hetero) is 1. The van der Waals surface area contributed by atoms with Crippen molar-refractivity contribution in [1.82, 2.24) is 0 Å². The van der Waals surface area contributed by atoms with Gasteiger partial charge in [-0.2, -0.15) is 0 Å². The van der Waals surface area contributed by atoms with Gasteiger partial charge in [0, 0.05) is 24.8 Å². The number of thiocarbonyl (C=S) groups is 1. The van der Waals surface area contributed by atoms with E-state index < -0.39 is 41.8 Å². The van der Waals surface area contributed by atoms with Crippen LogP contribution in [0.5, 0.6) is 11.5 Å². The molecule has 1 unspecified atom stereocenters. The second-order valence-corrected chi connectivity index (χ2v) is 12.4. The maximum atomic E-state index is 13.4. The molecule has 1 aromatic rings. The average Bonchev–Trinajstić information content (AvgIpc) is 3.31. The molecule has 0 saturated carbocycles. The van der Waals surface area contributed by atoms with E-state index in [9.17, 15) is 9.59 Å². The van der Waals surface area contributed by atoms with Crippen LogP contribution in [-0.4, -0.2) is 72.6 Å². The Bertz CT molecular complexity index is 1020. The van der Waals surface area contributed by atoms with Gasteiger partial charge in [0.1, 0.15) is 29.8 Å². The minimum Gasteiger partial charge on any atom is -0.497 e. The number of carbonyl (C=O) groups is 2. The molecule has 0 amide bonds. The summed E-state index contributed by atoms with van der Waals surface area (Å²) < 4.78 is 40.7. The highest BCUT2D eigenvalue weighted by Crippen LogP contribution is 2.42. The van der Waals surface area contributed by atoms with Gasteiger partial charge in [0.25, 0.3) is 0 Å². The number of methoxy groups -OCH3 is 2. The Morgan fingerprint density at radius 3 is 2.50 bits per heavy atom. The van der Waals surface area contributed by atoms with Gasteiger partial charge in [-0.25, -0.2) is 0 Å². The van der Waals surface area contributed by atoms with E-state index in [4.69, 9.17) is 45.4 Å². The Kier molecular flexibility index (Phi) is 10.2. The van der Waals surface area contributed by atoms with Crippen LogP contribution in [0.4, 0.5) is 0 Å². The van der Waals surface area contributed by atoms with E-state index in [1.807, 2.05) is 20.8 Å². The third kappa shape index (κ3) is 7.45. The van der Waals surface area contributed by atoms with Gasteiger partial charge in [0.2, 0.25) is 4.38 Å². The Morgan fingerprint density at radius 2 is 1.89 bits per heavy atom. The Balaban J connectivity index is 1.80. The largest absolute Gasteiger partial charge is 0.497 e. The molecule has 0 radical (unpaired) electrons. The molecule has 0 bridgehead atoms. The topological polar surface area (TPSA) is 98.8 Å². The van der Waals surface area contributed by atoms with Crippen molar-refractivity contribution >= 4 is 40.1 Å². The molecule has 11 heteroatoms. The molecule has 5 atom stereocenters. The zero-order valence-electron chi connectivity index (χ0n) is 23.2. The predicted octanol–water partition coefficient (Wildman–Crippen LogP) is 4.92. The first-order chi connectivity index (χ1) is 17.8. The minimum absolute atomic E-state index is 0.137. The lowest BCUT2D eigenvalue weighted by Crippen LogP contribution is -2.41. The smallest absolute Gasteiger partial charge is 0.316 e. The molecule has 212 valence electrons. The lowest BCUT2D eigenvalue weighted by molar-refractivity contribution is -0.216. The van der Waals surface area contributed by atoms with E-state index in [1.165, 1.54) is 18.9 Å². The van der Waals surface area contributed by atoms with Crippen LogP contribution in [0.1, 0.15) is 64.7 Å². The number of hydrogen-bond acceptors (Lipinski definition) is 11. The molecule has 0 aromatic heterocycles. The number of ketones is 1. The fraction of sp³-hybridized carbons (Fsp3) is 0.667. The number of hydrogen-bond donors (Lipinski definition) is 0. The van der Waals surface area contributed by atoms with Crippen molar-refractivity contribution in [3.05, 3.63) is 23.8 Å². The lowest BCUT2D eigenvalue weighted by Gasteiger charge is -2.30. The van der Waals surface area contributed by atoms with Gasteiger partial charge < -0.3 is 33.2 Å². The average molecular weight is 571 g/mol. The number of esters is 1. The van der Waals surface area contributed by atoms with Gasteiger partial charge in [0.05, 0.1) is 24.7 Å². The summed E-state index contributed by atoms with van der Waals surface area (Å²) in [4.78, 5) is 26.0. The van der Waals surface area contributed by atoms with Gasteiger partial charge in [-0.3, -0.25) is 9.59 Å². The quantitative estimate of drug-likeness (QED) is 0.166. The van der Waals surface area contributed by atoms with Crippen LogP contribution >= 0.6 is 24.0 Å². The maximum Gasteiger partial charge on any atom is 0.316 e. The van der Waals surface area contributed by atoms with E-state index in [1.54, 1.807) is 46.1 Å². The molecular weight excluding hydrogens is 532 g/mol. The number of rotatable bonds is 10. The summed E-state index contributed by atoms with van der Waals surface area (Å²) in [6.07, 6.45) is -1.37. The zero-order valence-corrected chi connectivity index (χ0v) is 24.9. The van der Waals surface area contributed by atoms with Crippen molar-refractivity contribution in [2.45, 2.75) is 90.0 Å². The summed E-state index contributed by atoms with van der Waals surface area (Å²) in [5.74, 6) is -0.796. The molecule has 2 saturated heterocycles. The van der Waals surface area contributed by atoms with E-state index in [0.29, 0.717) is 28.7 Å². The molecule has 1 aromatic carbocycles. The highest BCUT2D eigenvalue weighted by Gasteiger charge is 2.57. The molecule has 9 nitrogen and oxygen atoms in total. The van der Waals surface area contributed by atoms with Gasteiger partial charge in [0.15, 0.2) is 17.9 Å². The van der Waals surface area contributed by atoms with Crippen LogP contribution in [0, 0.1) is 5.41 Å². The Morgan fingerprint density at radius 1 is 1.18 bits per heavy atom. The van der Waals surface area contributed by atoms with Crippen LogP contribution in [0.2, 0.25) is 0 Å². The number of carbonyl (C=O) groups excluding carboxylic acids is 2. The molecule has 2 fully saturated rings. The van der Waals surface area contributed by atoms with Crippen molar-refractivity contribution in [2.75, 3.05) is 20.8 Å². The van der Waals surface area contributed by atoms with Crippen LogP contribution in [-0.2, 0) is 28.5 Å². The number of thioether (sulfide) groups is 1. The molecule has 2 heterocycles. The van der Waals surface area contributed by atoms with Crippen molar-refractivity contribution in [3.8, 4) is 11.5 Å². The van der Waals surface area contributed by atoms with E-state index in [2.05, 4.69) is 0 Å². The Labute approximate surface area is 234 Å². The van der Waals surface area contributed by atoms with Gasteiger partial charge in [-0.1, -0.05) is 11.8 Å². The molecule has 2 aliphatic heterocycles. The molecule has 2 aliphatic rings. The van der Waals surface area contributed by atoms with Crippen LogP contribution < -0.4 is 9.47 Å². The van der Waals surface area contributed by atoms with Crippen LogP contribution in [0.15, 0.2) is 18.2 Å². The third-order valence-electron chi connectivity index (χ3n) is 6.14. The fourth-order valence-corrected chi connectivity index (χ4v) is 5.75. The number of benzene rings is 1. The third-order valence-corrected chi connectivity index (χ3v) is 7.66. The molecule has 3 rings (SSSR count). The molecular formula is C27H38O9S2. The highest BCUT2D eigenvalue weighted by molar-refractivity contribution is 8.23. The molecule has 0 aliphatic carbocycles. The molecule has 0 N–H and O–H groups in total. The standard InChI is InChI=1S/C27H38O9S2/c1-9-32-25(37)38-19(20-21(31-8)22-23(34-20)36-27(5,6)35-22)13-12-17(28)16-11-10-15(30-7)14-18(16)33-24(29)26(2,3)4/h10-11,14,19-23H,9,12-13H2,1-8H3/t19?,20-,21+,22-,23-/m1/s1. The Hall–Kier alpha value is -1.76. The molecule has 38 heavy (non-hydrogen) atoms. The van der Waals surface area contributed by atoms with Crippen molar-refractivity contribution in [3.63, 3.8) is 0 Å². The van der Waals surface area contributed by atoms with E-state index >= 15 is 0 Å². The number of ether oxygens (including phenoxy) is 7. The van der Waals surface area contributed by atoms with Crippen LogP contribution in [0.3, 0.4) is 0 Å². The summed E-state index contributed by atoms with van der Waals surface area (Å²) in [6.45, 7) is 11.2. The maximum absolute atomic E-state index is 13.4. The highest BCUT2D eigenvalue weighted by atomic mass is 32.2. The normalized spacial score (nSPS) is 24.9. The first-order valence-electron chi connectivity index (χ1n) is 12.6. The first-order valence-corrected chi connectivity index (χ1v) is 13.9. The summed E-state index contributed by atoms with van der Waals surface area (Å²) >= 11 is 6.73. The second kappa shape index (κ2) is 12.6. The van der Waals surface area contributed by atoms with E-state index in [-0.39, 0.29) is 23.2 Å². The fourth-order valence-electron chi connectivity index (χ4n) is 4.24. The summed E-state index contributed by atoms with van der Waals surface area (Å²) in [7, 11) is 3.10. The summed E-state index contributed by atoms with van der Waals surface area (Å²) in [5.41, 5.74) is -0.452. The van der Waals surface area contributed by atoms with Crippen molar-refractivity contribution in [2.24, 2.45) is 5.41 Å². The van der Waals surface area contributed by atoms with Crippen molar-refractivity contribution < 1.29 is 42.7 Å². The monoisotopic (exact) mass is 570 g/mol. The van der Waals surface area contributed by atoms with Crippen LogP contribution in [0.25, 0.3) is 0 Å². The van der Waals surface area contributed by atoms with Crippen molar-refractivity contribution in [1.29, 1.82) is 0 Å². The zero-order chi connectivity index (χ0) is 28.3. The summed E-state index contributed by atoms with van der Waals surface area (Å²) in [5, 5.41) is -0.289. The van der Waals surface area contributed by atoms with Gasteiger partial charge in [-0.15, -0.1) is 0 Å². The lowest BCUT2D eigenvalue weighted by atomic mass is 9.97. The minimum atomic E-state index is -0.786. The van der Waals surface area contributed by atoms with Gasteiger partial charge in [-0.05, 0) is 72.3 Å². The molecule has 0 spiro atoms. The summed E-state index contributed by atoms with van der Waals surface area (Å²) in [6, 6.07) is 4.82. The second-order valence-electron chi connectivity index (χ2n) is 10.6.